The van der Waals surface area contributed by atoms with E-state index in [1.165, 1.54) is 0 Å². The van der Waals surface area contributed by atoms with Gasteiger partial charge in [0.05, 0.1) is 0 Å². The first-order valence-corrected chi connectivity index (χ1v) is 4.07. The third-order valence-electron chi connectivity index (χ3n) is 1.33. The van der Waals surface area contributed by atoms with Gasteiger partial charge in [0.15, 0.2) is 0 Å². The maximum absolute atomic E-state index is 9.37. The zero-order valence-corrected chi connectivity index (χ0v) is 11.3. The molecule has 0 saturated carbocycles. The van der Waals surface area contributed by atoms with Crippen molar-refractivity contribution in [1.29, 1.82) is 0 Å². The molecule has 0 aliphatic rings. The zero-order valence-electron chi connectivity index (χ0n) is 8.36. The summed E-state index contributed by atoms with van der Waals surface area (Å²) in [6, 6.07) is 10.6. The number of hydrogen-bond acceptors (Lipinski definition) is 2. The van der Waals surface area contributed by atoms with Gasteiger partial charge in [-0.15, -0.1) is 5.56 Å². The van der Waals surface area contributed by atoms with Crippen molar-refractivity contribution in [2.24, 2.45) is 5.73 Å². The predicted octanol–water partition coefficient (Wildman–Crippen LogP) is 1.42. The second-order valence-corrected chi connectivity index (χ2v) is 2.36. The van der Waals surface area contributed by atoms with Crippen molar-refractivity contribution >= 4 is 5.97 Å². The first kappa shape index (κ1) is 15.7. The first-order valence-electron chi connectivity index (χ1n) is 4.07. The molecular weight excluding hydrogens is 232 g/mol. The molecular formula is C10H14NO2Zn-. The molecule has 0 amide bonds. The molecule has 74 valence electrons. The Hall–Kier alpha value is -0.727. The quantitative estimate of drug-likeness (QED) is 0.612. The molecule has 4 heteroatoms. The summed E-state index contributed by atoms with van der Waals surface area (Å²) in [7, 11) is 0. The molecule has 0 bridgehead atoms. The molecule has 0 aliphatic carbocycles. The minimum atomic E-state index is -0.745. The fourth-order valence-corrected chi connectivity index (χ4v) is 0.557. The molecule has 1 rings (SSSR count). The second-order valence-electron chi connectivity index (χ2n) is 2.36. The van der Waals surface area contributed by atoms with E-state index in [4.69, 9.17) is 10.8 Å². The Balaban J connectivity index is 0. The van der Waals surface area contributed by atoms with E-state index in [9.17, 15) is 4.79 Å². The summed E-state index contributed by atoms with van der Waals surface area (Å²) < 4.78 is 0. The van der Waals surface area contributed by atoms with Crippen molar-refractivity contribution in [3.8, 4) is 0 Å². The van der Waals surface area contributed by atoms with Crippen LogP contribution in [0.4, 0.5) is 0 Å². The van der Waals surface area contributed by atoms with Crippen LogP contribution >= 0.6 is 0 Å². The number of benzene rings is 1. The Bertz CT molecular complexity index is 239. The average Bonchev–Trinajstić information content (AvgIpc) is 2.20. The van der Waals surface area contributed by atoms with E-state index in [2.05, 4.69) is 6.07 Å². The van der Waals surface area contributed by atoms with Crippen LogP contribution in [-0.2, 0) is 30.8 Å². The Kier molecular flexibility index (Phi) is 11.6. The number of rotatable bonds is 2. The topological polar surface area (TPSA) is 63.3 Å². The molecule has 0 radical (unpaired) electrons. The monoisotopic (exact) mass is 244 g/mol. The van der Waals surface area contributed by atoms with Gasteiger partial charge >= 0.3 is 5.97 Å². The Morgan fingerprint density at radius 1 is 1.50 bits per heavy atom. The van der Waals surface area contributed by atoms with Crippen LogP contribution in [0.3, 0.4) is 0 Å². The molecule has 1 aromatic rings. The van der Waals surface area contributed by atoms with E-state index < -0.39 is 5.97 Å². The molecule has 0 atom stereocenters. The summed E-state index contributed by atoms with van der Waals surface area (Å²) in [5, 5.41) is 7.72. The average molecular weight is 246 g/mol. The predicted molar refractivity (Wildman–Crippen MR) is 51.1 cm³/mol. The number of carboxylic acid groups (broad SMARTS) is 1. The minimum Gasteiger partial charge on any atom is -0.481 e. The van der Waals surface area contributed by atoms with Crippen LogP contribution in [0.15, 0.2) is 24.3 Å². The normalized spacial score (nSPS) is 7.86. The summed E-state index contributed by atoms with van der Waals surface area (Å²) in [4.78, 5) is 9.37. The number of hydrogen-bond donors (Lipinski definition) is 2. The van der Waals surface area contributed by atoms with Crippen molar-refractivity contribution in [2.75, 3.05) is 0 Å². The van der Waals surface area contributed by atoms with Gasteiger partial charge in [-0.05, 0) is 6.54 Å². The molecule has 0 spiro atoms. The Labute approximate surface area is 97.1 Å². The van der Waals surface area contributed by atoms with E-state index in [0.717, 1.165) is 5.56 Å². The smallest absolute Gasteiger partial charge is 0.303 e. The molecule has 0 unspecified atom stereocenters. The molecule has 3 nitrogen and oxygen atoms in total. The van der Waals surface area contributed by atoms with Gasteiger partial charge in [0.2, 0.25) is 0 Å². The fourth-order valence-electron chi connectivity index (χ4n) is 0.557. The number of aliphatic carboxylic acids is 1. The molecule has 0 aliphatic heterocycles. The number of carboxylic acids is 1. The largest absolute Gasteiger partial charge is 0.481 e. The van der Waals surface area contributed by atoms with E-state index >= 15 is 0 Å². The standard InChI is InChI=1S/C7H8N.C3H6O2.Zn/c8-6-7-4-2-1-3-5-7;1-2-3(4)5;/h2-5H,6,8H2;2H2,1H3,(H,4,5);/q-1;;. The minimum absolute atomic E-state index is 0. The van der Waals surface area contributed by atoms with Crippen molar-refractivity contribution < 1.29 is 29.4 Å². The fraction of sp³-hybridized carbons (Fsp3) is 0.300. The third kappa shape index (κ3) is 9.36. The Morgan fingerprint density at radius 3 is 2.14 bits per heavy atom. The van der Waals surface area contributed by atoms with Crippen LogP contribution in [0.1, 0.15) is 18.9 Å². The first-order chi connectivity index (χ1) is 6.20. The van der Waals surface area contributed by atoms with Crippen molar-refractivity contribution in [3.63, 3.8) is 0 Å². The molecule has 0 fully saturated rings. The molecule has 3 N–H and O–H groups in total. The van der Waals surface area contributed by atoms with Gasteiger partial charge in [-0.1, -0.05) is 6.92 Å². The van der Waals surface area contributed by atoms with E-state index in [1.807, 2.05) is 24.3 Å². The molecule has 0 saturated heterocycles. The summed E-state index contributed by atoms with van der Waals surface area (Å²) in [5.74, 6) is -0.745. The van der Waals surface area contributed by atoms with Crippen LogP contribution in [0.5, 0.6) is 0 Å². The van der Waals surface area contributed by atoms with Gasteiger partial charge in [0, 0.05) is 25.9 Å². The summed E-state index contributed by atoms with van der Waals surface area (Å²) in [6.45, 7) is 2.22. The van der Waals surface area contributed by atoms with Crippen LogP contribution < -0.4 is 5.73 Å². The number of nitrogens with two attached hydrogens (primary N) is 1. The molecule has 14 heavy (non-hydrogen) atoms. The van der Waals surface area contributed by atoms with Gasteiger partial charge in [0.25, 0.3) is 0 Å². The Morgan fingerprint density at radius 2 is 1.93 bits per heavy atom. The van der Waals surface area contributed by atoms with Gasteiger partial charge in [-0.2, -0.15) is 30.3 Å². The van der Waals surface area contributed by atoms with E-state index in [1.54, 1.807) is 6.92 Å². The van der Waals surface area contributed by atoms with E-state index in [0.29, 0.717) is 6.54 Å². The van der Waals surface area contributed by atoms with Gasteiger partial charge in [-0.25, -0.2) is 0 Å². The SMILES string of the molecule is CCC(=O)O.NCc1cc[c-]cc1.[Zn]. The van der Waals surface area contributed by atoms with Gasteiger partial charge < -0.3 is 10.8 Å². The van der Waals surface area contributed by atoms with Crippen LogP contribution in [0.2, 0.25) is 0 Å². The second kappa shape index (κ2) is 10.4. The number of carbonyl (C=O) groups is 1. The maximum Gasteiger partial charge on any atom is 0.303 e. The zero-order chi connectivity index (χ0) is 10.1. The van der Waals surface area contributed by atoms with Crippen LogP contribution in [0, 0.1) is 6.07 Å². The molecule has 0 aromatic heterocycles. The van der Waals surface area contributed by atoms with E-state index in [-0.39, 0.29) is 25.9 Å². The summed E-state index contributed by atoms with van der Waals surface area (Å²) in [5.41, 5.74) is 6.49. The summed E-state index contributed by atoms with van der Waals surface area (Å²) in [6.07, 6.45) is 0.222. The van der Waals surface area contributed by atoms with Crippen molar-refractivity contribution in [1.82, 2.24) is 0 Å². The molecule has 1 aromatic carbocycles. The van der Waals surface area contributed by atoms with Crippen molar-refractivity contribution in [3.05, 3.63) is 35.9 Å². The van der Waals surface area contributed by atoms with Gasteiger partial charge in [0.1, 0.15) is 0 Å². The summed E-state index contributed by atoms with van der Waals surface area (Å²) >= 11 is 0. The molecule has 0 heterocycles. The maximum atomic E-state index is 9.37. The van der Waals surface area contributed by atoms with Gasteiger partial charge in [-0.3, -0.25) is 4.79 Å². The van der Waals surface area contributed by atoms with Crippen LogP contribution in [-0.4, -0.2) is 11.1 Å². The van der Waals surface area contributed by atoms with Crippen LogP contribution in [0.25, 0.3) is 0 Å². The van der Waals surface area contributed by atoms with Crippen molar-refractivity contribution in [2.45, 2.75) is 19.9 Å². The third-order valence-corrected chi connectivity index (χ3v) is 1.33.